The number of anilines is 1. The molecule has 0 saturated heterocycles. The van der Waals surface area contributed by atoms with Gasteiger partial charge in [-0.2, -0.15) is 0 Å². The first kappa shape index (κ1) is 14.9. The van der Waals surface area contributed by atoms with Crippen molar-refractivity contribution in [3.05, 3.63) is 29.3 Å². The number of allylic oxidation sites excluding steroid dienone is 1. The lowest BCUT2D eigenvalue weighted by Gasteiger charge is -2.10. The topological polar surface area (TPSA) is 66.5 Å². The van der Waals surface area contributed by atoms with Crippen LogP contribution in [-0.4, -0.2) is 27.4 Å². The highest BCUT2D eigenvalue weighted by atomic mass is 32.2. The average molecular weight is 332 g/mol. The highest BCUT2D eigenvalue weighted by Gasteiger charge is 2.35. The third kappa shape index (κ3) is 2.50. The molecule has 0 bridgehead atoms. The molecule has 3 aliphatic rings. The molecule has 0 atom stereocenters. The Bertz CT molecular complexity index is 814. The van der Waals surface area contributed by atoms with E-state index in [9.17, 15) is 13.2 Å². The van der Waals surface area contributed by atoms with Crippen molar-refractivity contribution in [3.8, 4) is 0 Å². The van der Waals surface area contributed by atoms with Crippen LogP contribution in [0, 0.1) is 0 Å². The number of hydrogen-bond donors (Lipinski definition) is 1. The van der Waals surface area contributed by atoms with Crippen molar-refractivity contribution in [2.24, 2.45) is 0 Å². The van der Waals surface area contributed by atoms with Gasteiger partial charge in [0.25, 0.3) is 5.91 Å². The SMILES string of the molecule is CN1C(=O)C(=C2CCCC2)c2cc(S(=O)(=O)NC3CC3)ccc21. The van der Waals surface area contributed by atoms with Gasteiger partial charge in [0.05, 0.1) is 10.6 Å². The third-order valence-corrected chi connectivity index (χ3v) is 6.41. The van der Waals surface area contributed by atoms with Gasteiger partial charge in [0.2, 0.25) is 10.0 Å². The first-order valence-electron chi connectivity index (χ1n) is 8.14. The van der Waals surface area contributed by atoms with Gasteiger partial charge in [0, 0.05) is 24.2 Å². The Hall–Kier alpha value is -1.66. The molecule has 0 radical (unpaired) electrons. The molecule has 1 aromatic rings. The number of fused-ring (bicyclic) bond motifs is 1. The normalized spacial score (nSPS) is 21.3. The molecule has 1 N–H and O–H groups in total. The van der Waals surface area contributed by atoms with Crippen LogP contribution in [0.1, 0.15) is 44.1 Å². The first-order chi connectivity index (χ1) is 11.0. The van der Waals surface area contributed by atoms with Crippen LogP contribution in [0.25, 0.3) is 5.57 Å². The van der Waals surface area contributed by atoms with E-state index in [0.29, 0.717) is 0 Å². The molecule has 1 amide bonds. The van der Waals surface area contributed by atoms with Crippen molar-refractivity contribution in [1.29, 1.82) is 0 Å². The average Bonchev–Trinajstić information content (AvgIpc) is 3.08. The highest BCUT2D eigenvalue weighted by Crippen LogP contribution is 2.42. The van der Waals surface area contributed by atoms with E-state index in [2.05, 4.69) is 4.72 Å². The zero-order chi connectivity index (χ0) is 16.2. The summed E-state index contributed by atoms with van der Waals surface area (Å²) in [5.41, 5.74) is 3.47. The smallest absolute Gasteiger partial charge is 0.258 e. The number of benzene rings is 1. The number of likely N-dealkylation sites (N-methyl/N-ethyl adjacent to an activating group) is 1. The first-order valence-corrected chi connectivity index (χ1v) is 9.62. The molecule has 2 saturated carbocycles. The summed E-state index contributed by atoms with van der Waals surface area (Å²) in [6, 6.07) is 5.08. The Morgan fingerprint density at radius 1 is 1.17 bits per heavy atom. The van der Waals surface area contributed by atoms with E-state index in [4.69, 9.17) is 0 Å². The van der Waals surface area contributed by atoms with Crippen LogP contribution < -0.4 is 9.62 Å². The van der Waals surface area contributed by atoms with Crippen molar-refractivity contribution >= 4 is 27.2 Å². The molecular weight excluding hydrogens is 312 g/mol. The van der Waals surface area contributed by atoms with E-state index in [0.717, 1.165) is 55.3 Å². The largest absolute Gasteiger partial charge is 0.311 e. The second-order valence-corrected chi connectivity index (χ2v) is 8.34. The Labute approximate surface area is 136 Å². The predicted molar refractivity (Wildman–Crippen MR) is 88.6 cm³/mol. The minimum absolute atomic E-state index is 0.0124. The van der Waals surface area contributed by atoms with Gasteiger partial charge in [-0.25, -0.2) is 13.1 Å². The summed E-state index contributed by atoms with van der Waals surface area (Å²) >= 11 is 0. The fourth-order valence-corrected chi connectivity index (χ4v) is 4.78. The molecule has 0 spiro atoms. The van der Waals surface area contributed by atoms with Crippen LogP contribution in [0.4, 0.5) is 5.69 Å². The van der Waals surface area contributed by atoms with Crippen molar-refractivity contribution in [3.63, 3.8) is 0 Å². The second-order valence-electron chi connectivity index (χ2n) is 6.62. The molecule has 1 aromatic carbocycles. The van der Waals surface area contributed by atoms with Gasteiger partial charge >= 0.3 is 0 Å². The molecule has 23 heavy (non-hydrogen) atoms. The van der Waals surface area contributed by atoms with Crippen molar-refractivity contribution < 1.29 is 13.2 Å². The van der Waals surface area contributed by atoms with Crippen LogP contribution in [0.2, 0.25) is 0 Å². The van der Waals surface area contributed by atoms with Crippen LogP contribution >= 0.6 is 0 Å². The van der Waals surface area contributed by atoms with Gasteiger partial charge in [-0.1, -0.05) is 5.57 Å². The molecule has 0 aromatic heterocycles. The van der Waals surface area contributed by atoms with E-state index in [1.807, 2.05) is 0 Å². The van der Waals surface area contributed by atoms with Crippen LogP contribution in [-0.2, 0) is 14.8 Å². The van der Waals surface area contributed by atoms with Gasteiger partial charge < -0.3 is 4.90 Å². The Balaban J connectivity index is 1.81. The molecule has 0 unspecified atom stereocenters. The number of sulfonamides is 1. The van der Waals surface area contributed by atoms with E-state index in [1.54, 1.807) is 30.1 Å². The lowest BCUT2D eigenvalue weighted by molar-refractivity contribution is -0.112. The highest BCUT2D eigenvalue weighted by molar-refractivity contribution is 7.89. The fraction of sp³-hybridized carbons (Fsp3) is 0.471. The van der Waals surface area contributed by atoms with E-state index < -0.39 is 10.0 Å². The van der Waals surface area contributed by atoms with Gasteiger partial charge in [0.15, 0.2) is 0 Å². The minimum Gasteiger partial charge on any atom is -0.311 e. The number of nitrogens with zero attached hydrogens (tertiary/aromatic N) is 1. The molecule has 2 fully saturated rings. The summed E-state index contributed by atoms with van der Waals surface area (Å²) in [6.07, 6.45) is 5.89. The molecule has 1 aliphatic heterocycles. The van der Waals surface area contributed by atoms with E-state index >= 15 is 0 Å². The van der Waals surface area contributed by atoms with E-state index in [1.165, 1.54) is 5.57 Å². The van der Waals surface area contributed by atoms with E-state index in [-0.39, 0.29) is 16.8 Å². The fourth-order valence-electron chi connectivity index (χ4n) is 3.45. The Morgan fingerprint density at radius 3 is 2.52 bits per heavy atom. The lowest BCUT2D eigenvalue weighted by atomic mass is 10.00. The predicted octanol–water partition coefficient (Wildman–Crippen LogP) is 2.43. The molecular formula is C17H20N2O3S. The molecule has 5 nitrogen and oxygen atoms in total. The zero-order valence-electron chi connectivity index (χ0n) is 13.1. The second kappa shape index (κ2) is 5.18. The van der Waals surface area contributed by atoms with Crippen molar-refractivity contribution in [1.82, 2.24) is 4.72 Å². The summed E-state index contributed by atoms with van der Waals surface area (Å²) in [5.74, 6) is -0.0124. The van der Waals surface area contributed by atoms with Gasteiger partial charge in [-0.3, -0.25) is 4.79 Å². The quantitative estimate of drug-likeness (QED) is 0.865. The maximum atomic E-state index is 12.6. The van der Waals surface area contributed by atoms with Gasteiger partial charge in [-0.05, 0) is 56.7 Å². The van der Waals surface area contributed by atoms with Gasteiger partial charge in [0.1, 0.15) is 0 Å². The van der Waals surface area contributed by atoms with Crippen LogP contribution in [0.3, 0.4) is 0 Å². The lowest BCUT2D eigenvalue weighted by Crippen LogP contribution is -2.25. The summed E-state index contributed by atoms with van der Waals surface area (Å²) in [4.78, 5) is 14.5. The number of rotatable bonds is 3. The number of carbonyl (C=O) groups is 1. The number of nitrogens with one attached hydrogen (secondary N) is 1. The molecule has 122 valence electrons. The number of carbonyl (C=O) groups excluding carboxylic acids is 1. The van der Waals surface area contributed by atoms with Crippen molar-refractivity contribution in [2.45, 2.75) is 49.5 Å². The molecule has 6 heteroatoms. The maximum absolute atomic E-state index is 12.6. The van der Waals surface area contributed by atoms with Crippen molar-refractivity contribution in [2.75, 3.05) is 11.9 Å². The van der Waals surface area contributed by atoms with Gasteiger partial charge in [-0.15, -0.1) is 0 Å². The Kier molecular flexibility index (Phi) is 3.35. The zero-order valence-corrected chi connectivity index (χ0v) is 13.9. The summed E-state index contributed by atoms with van der Waals surface area (Å²) in [5, 5.41) is 0. The van der Waals surface area contributed by atoms with Crippen LogP contribution in [0.15, 0.2) is 28.7 Å². The minimum atomic E-state index is -3.50. The summed E-state index contributed by atoms with van der Waals surface area (Å²) in [7, 11) is -1.75. The number of hydrogen-bond acceptors (Lipinski definition) is 3. The molecule has 1 heterocycles. The monoisotopic (exact) mass is 332 g/mol. The third-order valence-electron chi connectivity index (χ3n) is 4.89. The standard InChI is InChI=1S/C17H20N2O3S/c1-19-15-9-8-13(23(21,22)18-12-6-7-12)10-14(15)16(17(19)20)11-4-2-3-5-11/h8-10,12,18H,2-7H2,1H3. The summed E-state index contributed by atoms with van der Waals surface area (Å²) in [6.45, 7) is 0. The molecule has 4 rings (SSSR count). The van der Waals surface area contributed by atoms with Crippen LogP contribution in [0.5, 0.6) is 0 Å². The summed E-state index contributed by atoms with van der Waals surface area (Å²) < 4.78 is 27.6. The molecule has 2 aliphatic carbocycles. The number of amides is 1. The maximum Gasteiger partial charge on any atom is 0.258 e. The Morgan fingerprint density at radius 2 is 1.87 bits per heavy atom.